The minimum Gasteiger partial charge on any atom is -0.376 e. The molecule has 0 unspecified atom stereocenters. The van der Waals surface area contributed by atoms with E-state index in [1.807, 2.05) is 27.7 Å². The largest absolute Gasteiger partial charge is 0.376 e. The molecule has 0 aliphatic heterocycles. The smallest absolute Gasteiger partial charge is 0.165 e. The molecule has 19 heavy (non-hydrogen) atoms. The molecule has 0 saturated carbocycles. The van der Waals surface area contributed by atoms with Gasteiger partial charge in [0.05, 0.1) is 13.2 Å². The summed E-state index contributed by atoms with van der Waals surface area (Å²) in [6, 6.07) is 0. The third-order valence-corrected chi connectivity index (χ3v) is 4.82. The van der Waals surface area contributed by atoms with Crippen LogP contribution in [0.2, 0.25) is 0 Å². The molecule has 0 bridgehead atoms. The van der Waals surface area contributed by atoms with E-state index in [2.05, 4.69) is 63.7 Å². The summed E-state index contributed by atoms with van der Waals surface area (Å²) >= 11 is 13.2. The molecular formula is C12H18Br4O3. The molecule has 7 heteroatoms. The molecule has 112 valence electrons. The number of ketones is 2. The van der Waals surface area contributed by atoms with Gasteiger partial charge in [-0.1, -0.05) is 91.4 Å². The lowest BCUT2D eigenvalue weighted by Crippen LogP contribution is -2.38. The monoisotopic (exact) mass is 526 g/mol. The van der Waals surface area contributed by atoms with Crippen molar-refractivity contribution < 1.29 is 14.3 Å². The molecule has 0 amide bonds. The van der Waals surface area contributed by atoms with E-state index in [9.17, 15) is 9.59 Å². The van der Waals surface area contributed by atoms with Gasteiger partial charge in [-0.3, -0.25) is 9.59 Å². The van der Waals surface area contributed by atoms with Crippen molar-refractivity contribution in [2.24, 2.45) is 11.8 Å². The lowest BCUT2D eigenvalue weighted by molar-refractivity contribution is -0.123. The number of hydrogen-bond acceptors (Lipinski definition) is 3. The first-order valence-electron chi connectivity index (χ1n) is 5.84. The zero-order valence-corrected chi connectivity index (χ0v) is 17.6. The zero-order valence-electron chi connectivity index (χ0n) is 11.3. The first-order valence-corrected chi connectivity index (χ1v) is 9.01. The third-order valence-electron chi connectivity index (χ3n) is 2.34. The quantitative estimate of drug-likeness (QED) is 0.437. The second-order valence-corrected chi connectivity index (χ2v) is 12.5. The van der Waals surface area contributed by atoms with E-state index in [1.54, 1.807) is 0 Å². The van der Waals surface area contributed by atoms with Crippen molar-refractivity contribution >= 4 is 75.3 Å². The van der Waals surface area contributed by atoms with Gasteiger partial charge in [-0.05, 0) is 0 Å². The predicted molar refractivity (Wildman–Crippen MR) is 91.7 cm³/mol. The Morgan fingerprint density at radius 3 is 1.32 bits per heavy atom. The van der Waals surface area contributed by atoms with Crippen LogP contribution in [0.4, 0.5) is 0 Å². The molecule has 0 aromatic rings. The van der Waals surface area contributed by atoms with Crippen LogP contribution in [0.5, 0.6) is 0 Å². The number of carbonyl (C=O) groups excluding carboxylic acids is 2. The van der Waals surface area contributed by atoms with E-state index >= 15 is 0 Å². The Kier molecular flexibility index (Phi) is 8.53. The highest BCUT2D eigenvalue weighted by molar-refractivity contribution is 9.26. The predicted octanol–water partition coefficient (Wildman–Crippen LogP) is 4.43. The number of hydrogen-bond donors (Lipinski definition) is 0. The molecule has 0 atom stereocenters. The third kappa shape index (κ3) is 6.68. The van der Waals surface area contributed by atoms with Gasteiger partial charge >= 0.3 is 0 Å². The van der Waals surface area contributed by atoms with E-state index in [4.69, 9.17) is 4.74 Å². The molecule has 0 heterocycles. The summed E-state index contributed by atoms with van der Waals surface area (Å²) in [4.78, 5) is 23.8. The fourth-order valence-electron chi connectivity index (χ4n) is 1.29. The first-order chi connectivity index (χ1) is 8.42. The molecule has 0 spiro atoms. The SMILES string of the molecule is CC(C)C(=O)C(Br)(Br)COCC(Br)(Br)C(=O)C(C)C. The molecule has 0 fully saturated rings. The lowest BCUT2D eigenvalue weighted by Gasteiger charge is -2.25. The summed E-state index contributed by atoms with van der Waals surface area (Å²) in [6.45, 7) is 7.55. The number of halogens is 4. The molecule has 0 N–H and O–H groups in total. The fraction of sp³-hybridized carbons (Fsp3) is 0.833. The van der Waals surface area contributed by atoms with Gasteiger partial charge in [0.1, 0.15) is 0 Å². The normalized spacial score (nSPS) is 13.2. The molecule has 3 nitrogen and oxygen atoms in total. The van der Waals surface area contributed by atoms with Crippen LogP contribution in [0.1, 0.15) is 27.7 Å². The highest BCUT2D eigenvalue weighted by Crippen LogP contribution is 2.34. The second kappa shape index (κ2) is 8.01. The molecule has 0 aromatic heterocycles. The second-order valence-electron chi connectivity index (χ2n) is 4.94. The van der Waals surface area contributed by atoms with Crippen molar-refractivity contribution in [2.75, 3.05) is 13.2 Å². The van der Waals surface area contributed by atoms with Gasteiger partial charge in [0.2, 0.25) is 0 Å². The number of alkyl halides is 4. The summed E-state index contributed by atoms with van der Waals surface area (Å²) in [7, 11) is 0. The Morgan fingerprint density at radius 2 is 1.11 bits per heavy atom. The van der Waals surface area contributed by atoms with Crippen molar-refractivity contribution in [3.05, 3.63) is 0 Å². The summed E-state index contributed by atoms with van der Waals surface area (Å²) in [5, 5.41) is 0. The van der Waals surface area contributed by atoms with Gasteiger partial charge in [0.15, 0.2) is 18.0 Å². The highest BCUT2D eigenvalue weighted by atomic mass is 79.9. The Labute approximate surface area is 148 Å². The van der Waals surface area contributed by atoms with E-state index < -0.39 is 6.47 Å². The van der Waals surface area contributed by atoms with Gasteiger partial charge in [-0.15, -0.1) is 0 Å². The van der Waals surface area contributed by atoms with Crippen LogP contribution in [0, 0.1) is 11.8 Å². The van der Waals surface area contributed by atoms with Gasteiger partial charge in [0, 0.05) is 11.8 Å². The maximum Gasteiger partial charge on any atom is 0.165 e. The Hall–Kier alpha value is 1.22. The summed E-state index contributed by atoms with van der Waals surface area (Å²) in [5.41, 5.74) is 0. The van der Waals surface area contributed by atoms with Gasteiger partial charge in [-0.2, -0.15) is 0 Å². The maximum atomic E-state index is 11.9. The van der Waals surface area contributed by atoms with Gasteiger partial charge in [0.25, 0.3) is 0 Å². The van der Waals surface area contributed by atoms with Crippen LogP contribution in [-0.4, -0.2) is 31.2 Å². The van der Waals surface area contributed by atoms with Crippen LogP contribution in [0.3, 0.4) is 0 Å². The zero-order chi connectivity index (χ0) is 15.4. The average Bonchev–Trinajstić information content (AvgIpc) is 2.25. The highest BCUT2D eigenvalue weighted by Gasteiger charge is 2.38. The standard InChI is InChI=1S/C12H18Br4O3/c1-7(2)9(17)11(13,14)5-19-6-12(15,16)10(18)8(3)4/h7-8H,5-6H2,1-4H3. The van der Waals surface area contributed by atoms with Crippen molar-refractivity contribution in [3.63, 3.8) is 0 Å². The maximum absolute atomic E-state index is 11.9. The van der Waals surface area contributed by atoms with E-state index in [0.717, 1.165) is 0 Å². The van der Waals surface area contributed by atoms with Crippen LogP contribution in [0.15, 0.2) is 0 Å². The molecule has 0 aliphatic rings. The molecule has 0 aromatic carbocycles. The van der Waals surface area contributed by atoms with E-state index in [-0.39, 0.29) is 36.6 Å². The van der Waals surface area contributed by atoms with Crippen molar-refractivity contribution in [1.82, 2.24) is 0 Å². The van der Waals surface area contributed by atoms with Crippen LogP contribution >= 0.6 is 63.7 Å². The van der Waals surface area contributed by atoms with Gasteiger partial charge in [-0.25, -0.2) is 0 Å². The number of Topliss-reactive ketones (excluding diaryl/α,β-unsaturated/α-hetero) is 2. The van der Waals surface area contributed by atoms with E-state index in [1.165, 1.54) is 0 Å². The fourth-order valence-corrected chi connectivity index (χ4v) is 3.77. The molecular weight excluding hydrogens is 512 g/mol. The molecule has 0 saturated heterocycles. The topological polar surface area (TPSA) is 43.4 Å². The average molecular weight is 530 g/mol. The van der Waals surface area contributed by atoms with E-state index in [0.29, 0.717) is 0 Å². The minimum atomic E-state index is -0.912. The van der Waals surface area contributed by atoms with Crippen LogP contribution in [0.25, 0.3) is 0 Å². The lowest BCUT2D eigenvalue weighted by atomic mass is 10.1. The Bertz CT molecular complexity index is 306. The number of rotatable bonds is 8. The summed E-state index contributed by atoms with van der Waals surface area (Å²) < 4.78 is 3.65. The van der Waals surface area contributed by atoms with Crippen molar-refractivity contribution in [2.45, 2.75) is 34.2 Å². The Morgan fingerprint density at radius 1 is 0.842 bits per heavy atom. The molecule has 0 rings (SSSR count). The van der Waals surface area contributed by atoms with Crippen molar-refractivity contribution in [3.8, 4) is 0 Å². The number of ether oxygens (including phenoxy) is 1. The van der Waals surface area contributed by atoms with Crippen LogP contribution in [-0.2, 0) is 14.3 Å². The molecule has 0 radical (unpaired) electrons. The number of carbonyl (C=O) groups is 2. The van der Waals surface area contributed by atoms with Crippen LogP contribution < -0.4 is 0 Å². The molecule has 0 aliphatic carbocycles. The summed E-state index contributed by atoms with van der Waals surface area (Å²) in [5.74, 6) is -0.232. The minimum absolute atomic E-state index is 0.00238. The van der Waals surface area contributed by atoms with Crippen molar-refractivity contribution in [1.29, 1.82) is 0 Å². The Balaban J connectivity index is 4.45. The summed E-state index contributed by atoms with van der Waals surface area (Å²) in [6.07, 6.45) is 0. The first kappa shape index (κ1) is 20.2. The van der Waals surface area contributed by atoms with Gasteiger partial charge < -0.3 is 4.74 Å².